The topological polar surface area (TPSA) is 46.2 Å². The van der Waals surface area contributed by atoms with Gasteiger partial charge in [-0.3, -0.25) is 9.59 Å². The Hall–Kier alpha value is -1.16. The molecule has 0 aromatic heterocycles. The van der Waals surface area contributed by atoms with Gasteiger partial charge >= 0.3 is 0 Å². The molecule has 3 nitrogen and oxygen atoms in total. The van der Waals surface area contributed by atoms with Gasteiger partial charge in [0.2, 0.25) is 5.91 Å². The fourth-order valence-electron chi connectivity index (χ4n) is 1.71. The van der Waals surface area contributed by atoms with Crippen molar-refractivity contribution >= 4 is 33.3 Å². The van der Waals surface area contributed by atoms with Crippen LogP contribution in [0.4, 0.5) is 5.69 Å². The number of hydrogen-bond donors (Lipinski definition) is 1. The molecule has 1 heterocycles. The minimum atomic E-state index is -0.0164. The normalized spacial score (nSPS) is 14.3. The summed E-state index contributed by atoms with van der Waals surface area (Å²) in [5.41, 5.74) is 2.33. The lowest BCUT2D eigenvalue weighted by molar-refractivity contribution is -0.116. The molecule has 1 aromatic carbocycles. The molecule has 78 valence electrons. The zero-order valence-corrected chi connectivity index (χ0v) is 9.63. The van der Waals surface area contributed by atoms with E-state index in [4.69, 9.17) is 0 Å². The summed E-state index contributed by atoms with van der Waals surface area (Å²) in [6, 6.07) is 5.54. The number of alkyl halides is 1. The third-order valence-electron chi connectivity index (χ3n) is 2.46. The molecule has 2 rings (SSSR count). The van der Waals surface area contributed by atoms with E-state index < -0.39 is 0 Å². The van der Waals surface area contributed by atoms with Crippen molar-refractivity contribution in [2.24, 2.45) is 0 Å². The predicted molar refractivity (Wildman–Crippen MR) is 61.5 cm³/mol. The number of benzene rings is 1. The van der Waals surface area contributed by atoms with Crippen LogP contribution in [0.25, 0.3) is 0 Å². The summed E-state index contributed by atoms with van der Waals surface area (Å²) in [6.07, 6.45) is 1.21. The van der Waals surface area contributed by atoms with E-state index in [9.17, 15) is 9.59 Å². The second-order valence-electron chi connectivity index (χ2n) is 3.44. The number of carbonyl (C=O) groups is 2. The van der Waals surface area contributed by atoms with Crippen LogP contribution in [0.15, 0.2) is 18.2 Å². The van der Waals surface area contributed by atoms with Crippen LogP contribution < -0.4 is 5.32 Å². The van der Waals surface area contributed by atoms with E-state index in [2.05, 4.69) is 21.2 Å². The highest BCUT2D eigenvalue weighted by Crippen LogP contribution is 2.27. The van der Waals surface area contributed by atoms with Gasteiger partial charge in [-0.1, -0.05) is 28.1 Å². The SMILES string of the molecule is O=C1CCc2cccc(C(=O)CBr)c2N1. The third kappa shape index (κ3) is 1.95. The number of Topliss-reactive ketones (excluding diaryl/α,β-unsaturated/α-hetero) is 1. The number of para-hydroxylation sites is 1. The van der Waals surface area contributed by atoms with Crippen molar-refractivity contribution in [3.8, 4) is 0 Å². The van der Waals surface area contributed by atoms with Crippen molar-refractivity contribution in [3.63, 3.8) is 0 Å². The monoisotopic (exact) mass is 267 g/mol. The van der Waals surface area contributed by atoms with Gasteiger partial charge in [0.1, 0.15) is 0 Å². The van der Waals surface area contributed by atoms with E-state index >= 15 is 0 Å². The van der Waals surface area contributed by atoms with Crippen LogP contribution in [-0.2, 0) is 11.2 Å². The number of ketones is 1. The lowest BCUT2D eigenvalue weighted by Gasteiger charge is -2.19. The van der Waals surface area contributed by atoms with E-state index in [1.807, 2.05) is 12.1 Å². The van der Waals surface area contributed by atoms with E-state index in [1.54, 1.807) is 6.07 Å². The number of hydrogen-bond acceptors (Lipinski definition) is 2. The number of anilines is 1. The molecule has 0 saturated heterocycles. The predicted octanol–water partition coefficient (Wildman–Crippen LogP) is 2.15. The molecule has 1 N–H and O–H groups in total. The average molecular weight is 268 g/mol. The molecule has 0 fully saturated rings. The summed E-state index contributed by atoms with van der Waals surface area (Å²) in [7, 11) is 0. The molecule has 0 aliphatic carbocycles. The standard InChI is InChI=1S/C11H10BrNO2/c12-6-9(14)8-3-1-2-7-4-5-10(15)13-11(7)8/h1-3H,4-6H2,(H,13,15). The fraction of sp³-hybridized carbons (Fsp3) is 0.273. The molecule has 0 unspecified atom stereocenters. The van der Waals surface area contributed by atoms with Crippen LogP contribution in [0.1, 0.15) is 22.3 Å². The Labute approximate surface area is 96.0 Å². The van der Waals surface area contributed by atoms with Crippen LogP contribution in [-0.4, -0.2) is 17.0 Å². The summed E-state index contributed by atoms with van der Waals surface area (Å²) in [6.45, 7) is 0. The van der Waals surface area contributed by atoms with Gasteiger partial charge < -0.3 is 5.32 Å². The number of aryl methyl sites for hydroxylation is 1. The molecular formula is C11H10BrNO2. The van der Waals surface area contributed by atoms with Crippen molar-refractivity contribution in [3.05, 3.63) is 29.3 Å². The summed E-state index contributed by atoms with van der Waals surface area (Å²) in [5.74, 6) is -0.0219. The molecule has 15 heavy (non-hydrogen) atoms. The molecule has 1 aliphatic heterocycles. The van der Waals surface area contributed by atoms with E-state index in [1.165, 1.54) is 0 Å². The van der Waals surface area contributed by atoms with Crippen LogP contribution in [0.5, 0.6) is 0 Å². The quantitative estimate of drug-likeness (QED) is 0.659. The fourth-order valence-corrected chi connectivity index (χ4v) is 2.01. The van der Waals surface area contributed by atoms with E-state index in [0.717, 1.165) is 5.56 Å². The maximum Gasteiger partial charge on any atom is 0.224 e. The smallest absolute Gasteiger partial charge is 0.224 e. The number of carbonyl (C=O) groups excluding carboxylic acids is 2. The molecule has 0 saturated carbocycles. The van der Waals surface area contributed by atoms with Gasteiger partial charge in [0.15, 0.2) is 5.78 Å². The Morgan fingerprint density at radius 1 is 1.40 bits per heavy atom. The zero-order valence-electron chi connectivity index (χ0n) is 8.05. The summed E-state index contributed by atoms with van der Waals surface area (Å²) >= 11 is 3.13. The Balaban J connectivity index is 2.48. The largest absolute Gasteiger partial charge is 0.325 e. The maximum absolute atomic E-state index is 11.6. The molecule has 1 amide bonds. The third-order valence-corrected chi connectivity index (χ3v) is 2.97. The van der Waals surface area contributed by atoms with Gasteiger partial charge in [-0.05, 0) is 18.1 Å². The van der Waals surface area contributed by atoms with Gasteiger partial charge in [-0.15, -0.1) is 0 Å². The molecule has 0 radical (unpaired) electrons. The first-order chi connectivity index (χ1) is 7.22. The lowest BCUT2D eigenvalue weighted by atomic mass is 9.97. The van der Waals surface area contributed by atoms with Crippen LogP contribution in [0.3, 0.4) is 0 Å². The first kappa shape index (κ1) is 10.4. The second kappa shape index (κ2) is 4.14. The Morgan fingerprint density at radius 3 is 2.93 bits per heavy atom. The van der Waals surface area contributed by atoms with Crippen molar-refractivity contribution < 1.29 is 9.59 Å². The Kier molecular flexibility index (Phi) is 2.86. The number of fused-ring (bicyclic) bond motifs is 1. The van der Waals surface area contributed by atoms with E-state index in [0.29, 0.717) is 24.1 Å². The highest BCUT2D eigenvalue weighted by molar-refractivity contribution is 9.09. The van der Waals surface area contributed by atoms with Crippen molar-refractivity contribution in [2.45, 2.75) is 12.8 Å². The second-order valence-corrected chi connectivity index (χ2v) is 4.01. The van der Waals surface area contributed by atoms with Gasteiger partial charge in [0, 0.05) is 12.0 Å². The van der Waals surface area contributed by atoms with Gasteiger partial charge in [0.05, 0.1) is 11.0 Å². The molecular weight excluding hydrogens is 258 g/mol. The van der Waals surface area contributed by atoms with Crippen LogP contribution in [0, 0.1) is 0 Å². The first-order valence-corrected chi connectivity index (χ1v) is 5.85. The number of rotatable bonds is 2. The Morgan fingerprint density at radius 2 is 2.20 bits per heavy atom. The molecule has 0 atom stereocenters. The molecule has 1 aromatic rings. The van der Waals surface area contributed by atoms with Gasteiger partial charge in [-0.2, -0.15) is 0 Å². The Bertz CT molecular complexity index is 429. The minimum Gasteiger partial charge on any atom is -0.325 e. The number of amides is 1. The van der Waals surface area contributed by atoms with E-state index in [-0.39, 0.29) is 17.0 Å². The van der Waals surface area contributed by atoms with Crippen LogP contribution >= 0.6 is 15.9 Å². The minimum absolute atomic E-state index is 0.00551. The van der Waals surface area contributed by atoms with Crippen LogP contribution in [0.2, 0.25) is 0 Å². The number of nitrogens with one attached hydrogen (secondary N) is 1. The first-order valence-electron chi connectivity index (χ1n) is 4.73. The van der Waals surface area contributed by atoms with Gasteiger partial charge in [0.25, 0.3) is 0 Å². The highest BCUT2D eigenvalue weighted by Gasteiger charge is 2.20. The highest BCUT2D eigenvalue weighted by atomic mass is 79.9. The molecule has 0 spiro atoms. The maximum atomic E-state index is 11.6. The molecule has 1 aliphatic rings. The average Bonchev–Trinajstić information content (AvgIpc) is 2.27. The summed E-state index contributed by atoms with van der Waals surface area (Å²) < 4.78 is 0. The number of halogens is 1. The van der Waals surface area contributed by atoms with Gasteiger partial charge in [-0.25, -0.2) is 0 Å². The summed E-state index contributed by atoms with van der Waals surface area (Å²) in [5, 5.41) is 3.04. The molecule has 4 heteroatoms. The zero-order chi connectivity index (χ0) is 10.8. The summed E-state index contributed by atoms with van der Waals surface area (Å²) in [4.78, 5) is 22.8. The lowest BCUT2D eigenvalue weighted by Crippen LogP contribution is -2.21. The van der Waals surface area contributed by atoms with Crippen molar-refractivity contribution in [1.29, 1.82) is 0 Å². The molecule has 0 bridgehead atoms. The van der Waals surface area contributed by atoms with Crippen molar-refractivity contribution in [2.75, 3.05) is 10.6 Å². The van der Waals surface area contributed by atoms with Crippen molar-refractivity contribution in [1.82, 2.24) is 0 Å².